The van der Waals surface area contributed by atoms with Crippen molar-refractivity contribution in [3.63, 3.8) is 0 Å². The zero-order chi connectivity index (χ0) is 15.1. The lowest BCUT2D eigenvalue weighted by molar-refractivity contribution is 0.0951. The molecular formula is C15H15N3O2S. The van der Waals surface area contributed by atoms with Crippen LogP contribution in [0.3, 0.4) is 0 Å². The lowest BCUT2D eigenvalue weighted by Gasteiger charge is -2.04. The number of carbonyl (C=O) groups excluding carboxylic acids is 1. The summed E-state index contributed by atoms with van der Waals surface area (Å²) in [7, 11) is 0. The first kappa shape index (κ1) is 15.2. The van der Waals surface area contributed by atoms with Crippen molar-refractivity contribution >= 4 is 17.2 Å². The molecule has 0 fully saturated rings. The highest BCUT2D eigenvalue weighted by molar-refractivity contribution is 7.09. The average Bonchev–Trinajstić information content (AvgIpc) is 2.91. The van der Waals surface area contributed by atoms with Crippen LogP contribution in [0.25, 0.3) is 0 Å². The summed E-state index contributed by atoms with van der Waals surface area (Å²) < 4.78 is 0. The summed E-state index contributed by atoms with van der Waals surface area (Å²) in [6.07, 6.45) is 3.50. The van der Waals surface area contributed by atoms with Crippen molar-refractivity contribution in [3.8, 4) is 11.8 Å². The molecule has 0 aliphatic rings. The minimum Gasteiger partial charge on any atom is -0.395 e. The number of nitrogens with one attached hydrogen (secondary N) is 1. The van der Waals surface area contributed by atoms with Gasteiger partial charge in [-0.1, -0.05) is 11.8 Å². The third kappa shape index (κ3) is 4.38. The van der Waals surface area contributed by atoms with Gasteiger partial charge in [-0.2, -0.15) is 0 Å². The first-order valence-electron chi connectivity index (χ1n) is 6.42. The van der Waals surface area contributed by atoms with Gasteiger partial charge in [0.2, 0.25) is 0 Å². The van der Waals surface area contributed by atoms with Crippen molar-refractivity contribution in [3.05, 3.63) is 45.7 Å². The molecule has 5 nitrogen and oxygen atoms in total. The van der Waals surface area contributed by atoms with Crippen LogP contribution in [0.15, 0.2) is 24.0 Å². The molecule has 0 atom stereocenters. The lowest BCUT2D eigenvalue weighted by Crippen LogP contribution is -2.22. The van der Waals surface area contributed by atoms with Crippen molar-refractivity contribution in [1.82, 2.24) is 15.3 Å². The molecule has 0 radical (unpaired) electrons. The SMILES string of the molecule is Cc1ncsc1CNC(=O)c1cncc(C#CCCO)c1. The molecule has 2 aromatic heterocycles. The Morgan fingerprint density at radius 3 is 3.05 bits per heavy atom. The monoisotopic (exact) mass is 301 g/mol. The van der Waals surface area contributed by atoms with E-state index in [0.717, 1.165) is 10.6 Å². The number of amides is 1. The molecular weight excluding hydrogens is 286 g/mol. The van der Waals surface area contributed by atoms with Gasteiger partial charge in [-0.3, -0.25) is 9.78 Å². The van der Waals surface area contributed by atoms with Crippen molar-refractivity contribution in [1.29, 1.82) is 0 Å². The Morgan fingerprint density at radius 1 is 1.48 bits per heavy atom. The normalized spacial score (nSPS) is 9.81. The number of thiazole rings is 1. The molecule has 0 unspecified atom stereocenters. The molecule has 1 amide bonds. The topological polar surface area (TPSA) is 75.1 Å². The third-order valence-electron chi connectivity index (χ3n) is 2.72. The molecule has 0 saturated heterocycles. The van der Waals surface area contributed by atoms with E-state index in [4.69, 9.17) is 5.11 Å². The highest BCUT2D eigenvalue weighted by Crippen LogP contribution is 2.11. The molecule has 2 heterocycles. The van der Waals surface area contributed by atoms with Crippen molar-refractivity contribution in [2.75, 3.05) is 6.61 Å². The Morgan fingerprint density at radius 2 is 2.33 bits per heavy atom. The van der Waals surface area contributed by atoms with E-state index < -0.39 is 0 Å². The highest BCUT2D eigenvalue weighted by atomic mass is 32.1. The van der Waals surface area contributed by atoms with Crippen molar-refractivity contribution in [2.45, 2.75) is 19.9 Å². The zero-order valence-electron chi connectivity index (χ0n) is 11.6. The van der Waals surface area contributed by atoms with Crippen LogP contribution in [0.4, 0.5) is 0 Å². The third-order valence-corrected chi connectivity index (χ3v) is 3.66. The molecule has 21 heavy (non-hydrogen) atoms. The van der Waals surface area contributed by atoms with E-state index in [9.17, 15) is 4.79 Å². The molecule has 0 saturated carbocycles. The molecule has 2 rings (SSSR count). The van der Waals surface area contributed by atoms with Crippen LogP contribution in [0, 0.1) is 18.8 Å². The summed E-state index contributed by atoms with van der Waals surface area (Å²) in [6, 6.07) is 1.69. The first-order chi connectivity index (χ1) is 10.2. The average molecular weight is 301 g/mol. The Hall–Kier alpha value is -2.23. The summed E-state index contributed by atoms with van der Waals surface area (Å²) in [6.45, 7) is 2.39. The summed E-state index contributed by atoms with van der Waals surface area (Å²) in [5.41, 5.74) is 3.82. The Labute approximate surface area is 127 Å². The first-order valence-corrected chi connectivity index (χ1v) is 7.30. The van der Waals surface area contributed by atoms with Gasteiger partial charge < -0.3 is 10.4 Å². The maximum Gasteiger partial charge on any atom is 0.253 e. The number of rotatable bonds is 4. The number of aryl methyl sites for hydroxylation is 1. The van der Waals surface area contributed by atoms with Gasteiger partial charge in [0.25, 0.3) is 5.91 Å². The van der Waals surface area contributed by atoms with E-state index in [1.807, 2.05) is 6.92 Å². The van der Waals surface area contributed by atoms with Crippen LogP contribution >= 0.6 is 11.3 Å². The predicted octanol–water partition coefficient (Wildman–Crippen LogP) is 1.51. The van der Waals surface area contributed by atoms with Crippen LogP contribution in [-0.4, -0.2) is 27.6 Å². The van der Waals surface area contributed by atoms with E-state index in [0.29, 0.717) is 24.1 Å². The zero-order valence-corrected chi connectivity index (χ0v) is 12.4. The summed E-state index contributed by atoms with van der Waals surface area (Å²) in [5.74, 6) is 5.47. The van der Waals surface area contributed by atoms with Crippen LogP contribution in [-0.2, 0) is 6.54 Å². The number of nitrogens with zero attached hydrogens (tertiary/aromatic N) is 2. The van der Waals surface area contributed by atoms with Crippen molar-refractivity contribution in [2.24, 2.45) is 0 Å². The second kappa shape index (κ2) is 7.53. The number of carbonyl (C=O) groups is 1. The fraction of sp³-hybridized carbons (Fsp3) is 0.267. The molecule has 6 heteroatoms. The highest BCUT2D eigenvalue weighted by Gasteiger charge is 2.08. The van der Waals surface area contributed by atoms with Gasteiger partial charge >= 0.3 is 0 Å². The maximum absolute atomic E-state index is 12.1. The summed E-state index contributed by atoms with van der Waals surface area (Å²) in [4.78, 5) is 21.3. The maximum atomic E-state index is 12.1. The molecule has 0 aliphatic carbocycles. The quantitative estimate of drug-likeness (QED) is 0.839. The second-order valence-corrected chi connectivity index (χ2v) is 5.22. The number of pyridine rings is 1. The van der Waals surface area contributed by atoms with Gasteiger partial charge in [-0.25, -0.2) is 4.98 Å². The number of aliphatic hydroxyl groups is 1. The largest absolute Gasteiger partial charge is 0.395 e. The minimum atomic E-state index is -0.193. The van der Waals surface area contributed by atoms with Crippen LogP contribution < -0.4 is 5.32 Å². The van der Waals surface area contributed by atoms with E-state index in [-0.39, 0.29) is 12.5 Å². The molecule has 2 aromatic rings. The molecule has 0 aliphatic heterocycles. The van der Waals surface area contributed by atoms with Crippen LogP contribution in [0.5, 0.6) is 0 Å². The molecule has 0 bridgehead atoms. The predicted molar refractivity (Wildman–Crippen MR) is 80.8 cm³/mol. The number of hydrogen-bond acceptors (Lipinski definition) is 5. The Kier molecular flexibility index (Phi) is 5.43. The van der Waals surface area contributed by atoms with E-state index in [2.05, 4.69) is 27.1 Å². The number of aromatic nitrogens is 2. The molecule has 0 spiro atoms. The van der Waals surface area contributed by atoms with E-state index in [1.54, 1.807) is 17.8 Å². The fourth-order valence-corrected chi connectivity index (χ4v) is 2.33. The molecule has 0 aromatic carbocycles. The van der Waals surface area contributed by atoms with Gasteiger partial charge in [0.1, 0.15) is 0 Å². The Bertz CT molecular complexity index is 685. The van der Waals surface area contributed by atoms with Gasteiger partial charge in [-0.05, 0) is 13.0 Å². The summed E-state index contributed by atoms with van der Waals surface area (Å²) >= 11 is 1.52. The lowest BCUT2D eigenvalue weighted by atomic mass is 10.2. The fourth-order valence-electron chi connectivity index (χ4n) is 1.61. The molecule has 108 valence electrons. The summed E-state index contributed by atoms with van der Waals surface area (Å²) in [5, 5.41) is 11.5. The van der Waals surface area contributed by atoms with Crippen LogP contribution in [0.1, 0.15) is 32.9 Å². The van der Waals surface area contributed by atoms with Crippen molar-refractivity contribution < 1.29 is 9.90 Å². The van der Waals surface area contributed by atoms with Gasteiger partial charge in [0, 0.05) is 29.3 Å². The molecule has 2 N–H and O–H groups in total. The van der Waals surface area contributed by atoms with Gasteiger partial charge in [0.05, 0.1) is 29.9 Å². The minimum absolute atomic E-state index is 0.0226. The van der Waals surface area contributed by atoms with Gasteiger partial charge in [-0.15, -0.1) is 11.3 Å². The van der Waals surface area contributed by atoms with Crippen LogP contribution in [0.2, 0.25) is 0 Å². The second-order valence-electron chi connectivity index (χ2n) is 4.28. The van der Waals surface area contributed by atoms with Gasteiger partial charge in [0.15, 0.2) is 0 Å². The number of aliphatic hydroxyl groups excluding tert-OH is 1. The van der Waals surface area contributed by atoms with E-state index in [1.165, 1.54) is 17.5 Å². The smallest absolute Gasteiger partial charge is 0.253 e. The number of hydrogen-bond donors (Lipinski definition) is 2. The van der Waals surface area contributed by atoms with E-state index >= 15 is 0 Å². The Balaban J connectivity index is 2.01. The standard InChI is InChI=1S/C15H15N3O2S/c1-11-14(21-10-18-11)9-17-15(20)13-6-12(7-16-8-13)4-2-3-5-19/h6-8,10,19H,3,5,9H2,1H3,(H,17,20).